The predicted octanol–water partition coefficient (Wildman–Crippen LogP) is 6.01. The Morgan fingerprint density at radius 3 is 2.00 bits per heavy atom. The van der Waals surface area contributed by atoms with Crippen molar-refractivity contribution in [1.29, 1.82) is 5.26 Å². The molecule has 2 aromatic carbocycles. The molecule has 0 amide bonds. The number of nitrogens with zero attached hydrogens (tertiary/aromatic N) is 2. The van der Waals surface area contributed by atoms with Crippen LogP contribution < -0.4 is 4.90 Å². The van der Waals surface area contributed by atoms with Gasteiger partial charge >= 0.3 is 0 Å². The van der Waals surface area contributed by atoms with Crippen LogP contribution in [-0.2, 0) is 0 Å². The van der Waals surface area contributed by atoms with Gasteiger partial charge in [0.05, 0.1) is 11.6 Å². The van der Waals surface area contributed by atoms with E-state index in [-0.39, 0.29) is 0 Å². The van der Waals surface area contributed by atoms with E-state index >= 15 is 0 Å². The summed E-state index contributed by atoms with van der Waals surface area (Å²) in [6.07, 6.45) is 4.10. The summed E-state index contributed by atoms with van der Waals surface area (Å²) in [5, 5.41) is 8.91. The number of hydrogen-bond acceptors (Lipinski definition) is 2. The van der Waals surface area contributed by atoms with E-state index in [0.717, 1.165) is 42.6 Å². The molecule has 0 saturated heterocycles. The van der Waals surface area contributed by atoms with Crippen molar-refractivity contribution in [2.45, 2.75) is 45.4 Å². The van der Waals surface area contributed by atoms with Crippen LogP contribution in [0.1, 0.15) is 57.9 Å². The lowest BCUT2D eigenvalue weighted by atomic mass is 9.71. The second-order valence-corrected chi connectivity index (χ2v) is 7.53. The van der Waals surface area contributed by atoms with Crippen molar-refractivity contribution in [3.8, 4) is 6.07 Å². The van der Waals surface area contributed by atoms with Gasteiger partial charge in [0.15, 0.2) is 0 Å². The van der Waals surface area contributed by atoms with Crippen molar-refractivity contribution in [2.75, 3.05) is 11.9 Å². The van der Waals surface area contributed by atoms with Crippen LogP contribution in [0.15, 0.2) is 48.5 Å². The normalized spacial score (nSPS) is 19.2. The number of rotatable bonds is 3. The van der Waals surface area contributed by atoms with Crippen LogP contribution in [0, 0.1) is 16.7 Å². The third-order valence-electron chi connectivity index (χ3n) is 5.25. The summed E-state index contributed by atoms with van der Waals surface area (Å²) >= 11 is 0. The third-order valence-corrected chi connectivity index (χ3v) is 5.25. The summed E-state index contributed by atoms with van der Waals surface area (Å²) in [5.41, 5.74) is 4.31. The van der Waals surface area contributed by atoms with Gasteiger partial charge in [-0.15, -0.1) is 0 Å². The number of hydrogen-bond donors (Lipinski definition) is 0. The van der Waals surface area contributed by atoms with Gasteiger partial charge in [0.25, 0.3) is 0 Å². The number of benzene rings is 2. The minimum atomic E-state index is -0.443. The van der Waals surface area contributed by atoms with E-state index in [1.54, 1.807) is 0 Å². The molecule has 0 unspecified atom stereocenters. The second kappa shape index (κ2) is 6.69. The molecule has 2 aromatic rings. The first-order chi connectivity index (χ1) is 11.8. The largest absolute Gasteiger partial charge is 0.345 e. The summed E-state index contributed by atoms with van der Waals surface area (Å²) in [4.78, 5) is 2.10. The first kappa shape index (κ1) is 15.3. The molecule has 1 saturated carbocycles. The van der Waals surface area contributed by atoms with Crippen molar-refractivity contribution in [3.63, 3.8) is 0 Å². The summed E-state index contributed by atoms with van der Waals surface area (Å²) < 4.78 is 8.88. The molecule has 2 heteroatoms. The SMILES string of the molecule is [2H]C1(c2ccc(N(C)c3ccc(C#N)cc3)cc2)CCC(C)(C)CC1. The number of nitriles is 1. The van der Waals surface area contributed by atoms with E-state index in [4.69, 9.17) is 6.63 Å². The Balaban J connectivity index is 1.76. The van der Waals surface area contributed by atoms with Gasteiger partial charge in [-0.05, 0) is 79.0 Å². The fourth-order valence-electron chi connectivity index (χ4n) is 3.35. The lowest BCUT2D eigenvalue weighted by Gasteiger charge is -2.34. The minimum Gasteiger partial charge on any atom is -0.345 e. The summed E-state index contributed by atoms with van der Waals surface area (Å²) in [5.74, 6) is -0.443. The van der Waals surface area contributed by atoms with Crippen molar-refractivity contribution >= 4 is 11.4 Å². The fourth-order valence-corrected chi connectivity index (χ4v) is 3.35. The monoisotopic (exact) mass is 319 g/mol. The van der Waals surface area contributed by atoms with Gasteiger partial charge in [-0.3, -0.25) is 0 Å². The van der Waals surface area contributed by atoms with Crippen LogP contribution in [-0.4, -0.2) is 7.05 Å². The van der Waals surface area contributed by atoms with E-state index in [9.17, 15) is 0 Å². The van der Waals surface area contributed by atoms with E-state index in [2.05, 4.69) is 49.1 Å². The standard InChI is InChI=1S/C22H26N2/c1-22(2)14-12-19(13-15-22)18-6-10-21(11-7-18)24(3)20-8-4-17(16-23)5-9-20/h4-11,19H,12-15H2,1-3H3/i19D. The molecule has 0 aromatic heterocycles. The molecule has 24 heavy (non-hydrogen) atoms. The van der Waals surface area contributed by atoms with Crippen LogP contribution in [0.4, 0.5) is 11.4 Å². The Morgan fingerprint density at radius 2 is 1.50 bits per heavy atom. The number of anilines is 2. The van der Waals surface area contributed by atoms with Crippen LogP contribution >= 0.6 is 0 Å². The van der Waals surface area contributed by atoms with Crippen molar-refractivity contribution in [3.05, 3.63) is 59.7 Å². The first-order valence-corrected chi connectivity index (χ1v) is 8.67. The van der Waals surface area contributed by atoms with E-state index in [1.165, 1.54) is 0 Å². The Bertz CT molecular complexity index is 759. The van der Waals surface area contributed by atoms with E-state index < -0.39 is 5.89 Å². The molecular formula is C22H26N2. The predicted molar refractivity (Wildman–Crippen MR) is 101 cm³/mol. The Hall–Kier alpha value is -2.27. The molecule has 0 atom stereocenters. The lowest BCUT2D eigenvalue weighted by Crippen LogP contribution is -2.20. The maximum atomic E-state index is 8.91. The Labute approximate surface area is 147 Å². The highest BCUT2D eigenvalue weighted by molar-refractivity contribution is 5.63. The molecule has 0 N–H and O–H groups in total. The molecule has 0 aliphatic heterocycles. The zero-order chi connectivity index (χ0) is 18.1. The van der Waals surface area contributed by atoms with Crippen molar-refractivity contribution in [2.24, 2.45) is 5.41 Å². The average Bonchev–Trinajstić information content (AvgIpc) is 2.64. The quantitative estimate of drug-likeness (QED) is 0.692. The van der Waals surface area contributed by atoms with Gasteiger partial charge in [-0.2, -0.15) is 5.26 Å². The zero-order valence-corrected chi connectivity index (χ0v) is 14.8. The van der Waals surface area contributed by atoms with Crippen molar-refractivity contribution < 1.29 is 1.37 Å². The summed E-state index contributed by atoms with van der Waals surface area (Å²) in [6, 6.07) is 18.2. The Kier molecular flexibility index (Phi) is 4.26. The van der Waals surface area contributed by atoms with Crippen molar-refractivity contribution in [1.82, 2.24) is 0 Å². The van der Waals surface area contributed by atoms with Crippen LogP contribution in [0.3, 0.4) is 0 Å². The molecule has 2 nitrogen and oxygen atoms in total. The first-order valence-electron chi connectivity index (χ1n) is 9.17. The Morgan fingerprint density at radius 1 is 1.00 bits per heavy atom. The van der Waals surface area contributed by atoms with Crippen LogP contribution in [0.25, 0.3) is 0 Å². The molecule has 124 valence electrons. The molecular weight excluding hydrogens is 292 g/mol. The molecule has 0 heterocycles. The zero-order valence-electron chi connectivity index (χ0n) is 15.8. The topological polar surface area (TPSA) is 27.0 Å². The van der Waals surface area contributed by atoms with Gasteiger partial charge in [0.1, 0.15) is 0 Å². The van der Waals surface area contributed by atoms with E-state index in [1.807, 2.05) is 31.3 Å². The van der Waals surface area contributed by atoms with Gasteiger partial charge in [-0.25, -0.2) is 0 Å². The molecule has 1 fully saturated rings. The third kappa shape index (κ3) is 3.62. The van der Waals surface area contributed by atoms with Crippen LogP contribution in [0.5, 0.6) is 0 Å². The van der Waals surface area contributed by atoms with Crippen LogP contribution in [0.2, 0.25) is 0 Å². The lowest BCUT2D eigenvalue weighted by molar-refractivity contribution is 0.224. The maximum Gasteiger partial charge on any atom is 0.0991 e. The second-order valence-electron chi connectivity index (χ2n) is 7.53. The van der Waals surface area contributed by atoms with Gasteiger partial charge in [0.2, 0.25) is 0 Å². The molecule has 3 rings (SSSR count). The smallest absolute Gasteiger partial charge is 0.0991 e. The molecule has 0 spiro atoms. The van der Waals surface area contributed by atoms with E-state index in [0.29, 0.717) is 11.0 Å². The fraction of sp³-hybridized carbons (Fsp3) is 0.409. The molecule has 0 bridgehead atoms. The molecule has 0 radical (unpaired) electrons. The highest BCUT2D eigenvalue weighted by Gasteiger charge is 2.27. The minimum absolute atomic E-state index is 0.375. The summed E-state index contributed by atoms with van der Waals surface area (Å²) in [7, 11) is 2.02. The van der Waals surface area contributed by atoms with Gasteiger partial charge in [0, 0.05) is 19.8 Å². The maximum absolute atomic E-state index is 8.91. The highest BCUT2D eigenvalue weighted by Crippen LogP contribution is 2.42. The molecule has 1 aliphatic carbocycles. The van der Waals surface area contributed by atoms with Gasteiger partial charge in [-0.1, -0.05) is 26.0 Å². The average molecular weight is 319 g/mol. The van der Waals surface area contributed by atoms with Gasteiger partial charge < -0.3 is 4.90 Å². The molecule has 1 aliphatic rings. The highest BCUT2D eigenvalue weighted by atomic mass is 15.1. The summed E-state index contributed by atoms with van der Waals surface area (Å²) in [6.45, 7) is 4.62.